The van der Waals surface area contributed by atoms with E-state index in [2.05, 4.69) is 5.10 Å². The molecule has 88 valence electrons. The zero-order chi connectivity index (χ0) is 11.7. The van der Waals surface area contributed by atoms with Gasteiger partial charge in [-0.1, -0.05) is 0 Å². The summed E-state index contributed by atoms with van der Waals surface area (Å²) in [5.41, 5.74) is 5.90. The van der Waals surface area contributed by atoms with Crippen molar-refractivity contribution in [2.75, 3.05) is 18.0 Å². The monoisotopic (exact) mass is 225 g/mol. The molecule has 2 N–H and O–H groups in total. The van der Waals surface area contributed by atoms with Crippen molar-refractivity contribution in [3.8, 4) is 0 Å². The predicted molar refractivity (Wildman–Crippen MR) is 59.3 cm³/mol. The second-order valence-corrected chi connectivity index (χ2v) is 4.12. The lowest BCUT2D eigenvalue weighted by atomic mass is 10.1. The number of aromatic nitrogens is 2. The van der Waals surface area contributed by atoms with Crippen LogP contribution in [-0.2, 0) is 7.05 Å². The molecule has 0 amide bonds. The maximum Gasteiger partial charge on any atom is 0.330 e. The van der Waals surface area contributed by atoms with Gasteiger partial charge in [0.1, 0.15) is 6.20 Å². The van der Waals surface area contributed by atoms with Gasteiger partial charge < -0.3 is 10.6 Å². The quantitative estimate of drug-likeness (QED) is 0.575. The van der Waals surface area contributed by atoms with Crippen LogP contribution in [-0.4, -0.2) is 33.8 Å². The average molecular weight is 225 g/mol. The molecule has 0 bridgehead atoms. The fraction of sp³-hybridized carbons (Fsp3) is 0.667. The molecule has 1 aromatic heterocycles. The van der Waals surface area contributed by atoms with E-state index < -0.39 is 4.92 Å². The summed E-state index contributed by atoms with van der Waals surface area (Å²) < 4.78 is 1.47. The summed E-state index contributed by atoms with van der Waals surface area (Å²) in [6.07, 6.45) is 3.35. The number of anilines is 1. The van der Waals surface area contributed by atoms with Gasteiger partial charge in [-0.05, 0) is 12.8 Å². The van der Waals surface area contributed by atoms with E-state index in [1.807, 2.05) is 4.90 Å². The van der Waals surface area contributed by atoms with Crippen molar-refractivity contribution in [2.45, 2.75) is 18.9 Å². The molecule has 1 aliphatic rings. The molecule has 0 radical (unpaired) electrons. The Morgan fingerprint density at radius 3 is 3.06 bits per heavy atom. The summed E-state index contributed by atoms with van der Waals surface area (Å²) in [6.45, 7) is 1.42. The van der Waals surface area contributed by atoms with Crippen molar-refractivity contribution < 1.29 is 4.92 Å². The summed E-state index contributed by atoms with van der Waals surface area (Å²) >= 11 is 0. The number of hydrogen-bond donors (Lipinski definition) is 1. The van der Waals surface area contributed by atoms with E-state index in [-0.39, 0.29) is 11.7 Å². The third-order valence-corrected chi connectivity index (χ3v) is 2.74. The molecule has 0 aliphatic carbocycles. The highest BCUT2D eigenvalue weighted by Crippen LogP contribution is 2.27. The van der Waals surface area contributed by atoms with Gasteiger partial charge in [0.05, 0.1) is 4.92 Å². The molecule has 0 spiro atoms. The van der Waals surface area contributed by atoms with Crippen molar-refractivity contribution >= 4 is 11.5 Å². The maximum absolute atomic E-state index is 10.9. The van der Waals surface area contributed by atoms with Crippen LogP contribution in [0.2, 0.25) is 0 Å². The normalized spacial score (nSPS) is 21.1. The van der Waals surface area contributed by atoms with Crippen molar-refractivity contribution in [2.24, 2.45) is 12.8 Å². The molecule has 2 rings (SSSR count). The van der Waals surface area contributed by atoms with Gasteiger partial charge in [0.15, 0.2) is 0 Å². The van der Waals surface area contributed by atoms with Crippen LogP contribution in [0.5, 0.6) is 0 Å². The fourth-order valence-corrected chi connectivity index (χ4v) is 2.02. The Morgan fingerprint density at radius 2 is 2.44 bits per heavy atom. The molecule has 2 heterocycles. The minimum Gasteiger partial charge on any atom is -0.348 e. The first-order valence-electron chi connectivity index (χ1n) is 5.26. The first kappa shape index (κ1) is 10.9. The largest absolute Gasteiger partial charge is 0.348 e. The number of hydrogen-bond acceptors (Lipinski definition) is 5. The van der Waals surface area contributed by atoms with E-state index >= 15 is 0 Å². The molecule has 1 fully saturated rings. The van der Waals surface area contributed by atoms with Crippen LogP contribution in [0.3, 0.4) is 0 Å². The van der Waals surface area contributed by atoms with Gasteiger partial charge in [-0.2, -0.15) is 0 Å². The van der Waals surface area contributed by atoms with Crippen LogP contribution >= 0.6 is 0 Å². The lowest BCUT2D eigenvalue weighted by Crippen LogP contribution is -2.43. The first-order chi connectivity index (χ1) is 7.58. The lowest BCUT2D eigenvalue weighted by Gasteiger charge is -2.30. The molecule has 0 aromatic carbocycles. The number of nitrogens with zero attached hydrogens (tertiary/aromatic N) is 4. The minimum atomic E-state index is -0.400. The van der Waals surface area contributed by atoms with E-state index in [1.165, 1.54) is 10.9 Å². The molecule has 7 heteroatoms. The van der Waals surface area contributed by atoms with E-state index in [9.17, 15) is 10.1 Å². The Morgan fingerprint density at radius 1 is 1.69 bits per heavy atom. The Balaban J connectivity index is 2.28. The Bertz CT molecular complexity index is 403. The molecule has 7 nitrogen and oxygen atoms in total. The lowest BCUT2D eigenvalue weighted by molar-refractivity contribution is -0.384. The second-order valence-electron chi connectivity index (χ2n) is 4.12. The number of nitro groups is 1. The number of piperidine rings is 1. The standard InChI is InChI=1S/C9H15N5O2/c1-12-6-8(14(15)16)9(11-12)13-4-2-3-7(10)5-13/h6-7H,2-5,10H2,1H3/t7-/m1/s1. The number of aryl methyl sites for hydroxylation is 1. The molecule has 1 aromatic rings. The molecule has 1 aliphatic heterocycles. The smallest absolute Gasteiger partial charge is 0.330 e. The molecule has 1 saturated heterocycles. The van der Waals surface area contributed by atoms with E-state index in [0.717, 1.165) is 19.4 Å². The molecule has 16 heavy (non-hydrogen) atoms. The van der Waals surface area contributed by atoms with Crippen molar-refractivity contribution in [3.05, 3.63) is 16.3 Å². The zero-order valence-electron chi connectivity index (χ0n) is 9.17. The topological polar surface area (TPSA) is 90.2 Å². The Labute approximate surface area is 93.0 Å². The highest BCUT2D eigenvalue weighted by Gasteiger charge is 2.27. The summed E-state index contributed by atoms with van der Waals surface area (Å²) in [5, 5.41) is 15.0. The van der Waals surface area contributed by atoms with Crippen molar-refractivity contribution in [1.82, 2.24) is 9.78 Å². The van der Waals surface area contributed by atoms with Crippen LogP contribution in [0.15, 0.2) is 6.20 Å². The van der Waals surface area contributed by atoms with Gasteiger partial charge in [-0.3, -0.25) is 14.8 Å². The van der Waals surface area contributed by atoms with E-state index in [1.54, 1.807) is 7.05 Å². The number of rotatable bonds is 2. The van der Waals surface area contributed by atoms with E-state index in [4.69, 9.17) is 5.73 Å². The van der Waals surface area contributed by atoms with Crippen LogP contribution in [0.1, 0.15) is 12.8 Å². The Hall–Kier alpha value is -1.63. The van der Waals surface area contributed by atoms with Gasteiger partial charge in [0.25, 0.3) is 0 Å². The molecular weight excluding hydrogens is 210 g/mol. The third-order valence-electron chi connectivity index (χ3n) is 2.74. The molecule has 0 saturated carbocycles. The van der Waals surface area contributed by atoms with Crippen LogP contribution in [0.4, 0.5) is 11.5 Å². The Kier molecular flexibility index (Phi) is 2.78. The zero-order valence-corrected chi connectivity index (χ0v) is 9.17. The minimum absolute atomic E-state index is 0.0524. The predicted octanol–water partition coefficient (Wildman–Crippen LogP) is 0.256. The second kappa shape index (κ2) is 4.09. The molecular formula is C9H15N5O2. The van der Waals surface area contributed by atoms with Crippen LogP contribution in [0, 0.1) is 10.1 Å². The highest BCUT2D eigenvalue weighted by atomic mass is 16.6. The molecule has 1 atom stereocenters. The van der Waals surface area contributed by atoms with Gasteiger partial charge in [0.2, 0.25) is 5.82 Å². The van der Waals surface area contributed by atoms with Gasteiger partial charge >= 0.3 is 5.69 Å². The summed E-state index contributed by atoms with van der Waals surface area (Å²) in [7, 11) is 1.68. The van der Waals surface area contributed by atoms with Crippen LogP contribution in [0.25, 0.3) is 0 Å². The SMILES string of the molecule is Cn1cc([N+](=O)[O-])c(N2CCC[C@@H](N)C2)n1. The molecule has 0 unspecified atom stereocenters. The van der Waals surface area contributed by atoms with Crippen LogP contribution < -0.4 is 10.6 Å². The summed E-state index contributed by atoms with van der Waals surface area (Å²) in [5.74, 6) is 0.433. The fourth-order valence-electron chi connectivity index (χ4n) is 2.02. The highest BCUT2D eigenvalue weighted by molar-refractivity contribution is 5.57. The first-order valence-corrected chi connectivity index (χ1v) is 5.26. The van der Waals surface area contributed by atoms with Crippen molar-refractivity contribution in [3.63, 3.8) is 0 Å². The summed E-state index contributed by atoms with van der Waals surface area (Å²) in [4.78, 5) is 12.3. The van der Waals surface area contributed by atoms with Gasteiger partial charge in [-0.25, -0.2) is 0 Å². The maximum atomic E-state index is 10.9. The van der Waals surface area contributed by atoms with Gasteiger partial charge in [0, 0.05) is 26.2 Å². The third kappa shape index (κ3) is 1.99. The average Bonchev–Trinajstić information content (AvgIpc) is 2.60. The van der Waals surface area contributed by atoms with Crippen molar-refractivity contribution in [1.29, 1.82) is 0 Å². The summed E-state index contributed by atoms with van der Waals surface area (Å²) in [6, 6.07) is 0.0790. The van der Waals surface area contributed by atoms with E-state index in [0.29, 0.717) is 12.4 Å². The van der Waals surface area contributed by atoms with Gasteiger partial charge in [-0.15, -0.1) is 5.10 Å². The number of nitrogens with two attached hydrogens (primary N) is 1.